The van der Waals surface area contributed by atoms with Crippen LogP contribution in [-0.2, 0) is 14.2 Å². The molecule has 202 valence electrons. The van der Waals surface area contributed by atoms with Gasteiger partial charge in [0.25, 0.3) is 0 Å². The Morgan fingerprint density at radius 3 is 2.94 bits per heavy atom. The molecule has 0 aromatic heterocycles. The number of carbonyl (C=O) groups excluding carboxylic acids is 2. The highest BCUT2D eigenvalue weighted by molar-refractivity contribution is 6.30. The van der Waals surface area contributed by atoms with Crippen molar-refractivity contribution in [2.45, 2.75) is 44.2 Å². The van der Waals surface area contributed by atoms with Crippen molar-refractivity contribution in [1.29, 1.82) is 0 Å². The fraction of sp³-hybridized carbons (Fsp3) is 0.692. The molecule has 2 fully saturated rings. The van der Waals surface area contributed by atoms with E-state index in [2.05, 4.69) is 20.7 Å². The number of nitrogens with one attached hydrogen (secondary N) is 3. The van der Waals surface area contributed by atoms with E-state index in [1.165, 1.54) is 7.11 Å². The van der Waals surface area contributed by atoms with E-state index in [-0.39, 0.29) is 43.7 Å². The van der Waals surface area contributed by atoms with E-state index in [1.54, 1.807) is 11.0 Å². The number of rotatable bonds is 11. The number of halogens is 1. The summed E-state index contributed by atoms with van der Waals surface area (Å²) >= 11 is 6.26. The van der Waals surface area contributed by atoms with Crippen molar-refractivity contribution in [3.63, 3.8) is 0 Å². The molecule has 0 spiro atoms. The van der Waals surface area contributed by atoms with Gasteiger partial charge in [0.15, 0.2) is 0 Å². The zero-order valence-electron chi connectivity index (χ0n) is 24.0. The first-order valence-corrected chi connectivity index (χ1v) is 13.1. The van der Waals surface area contributed by atoms with Crippen molar-refractivity contribution >= 4 is 23.7 Å². The number of alkyl carbamates (subject to hydrolysis) is 1. The van der Waals surface area contributed by atoms with Crippen LogP contribution in [0.5, 0.6) is 0 Å². The first-order chi connectivity index (χ1) is 18.6. The normalized spacial score (nSPS) is 23.5. The Bertz CT molecular complexity index is 920. The number of likely N-dealkylation sites (tertiary alicyclic amines) is 1. The molecular weight excluding hydrogens is 484 g/mol. The Morgan fingerprint density at radius 1 is 1.31 bits per heavy atom. The minimum atomic E-state index is -2.30. The Balaban J connectivity index is 1.60. The molecule has 0 saturated carbocycles. The van der Waals surface area contributed by atoms with Gasteiger partial charge in [-0.25, -0.2) is 9.59 Å². The maximum absolute atomic E-state index is 13.2. The standard InChI is InChI=1S/C26H41ClN4O5/c1-28-23(14-19-6-5-12-35-18-19)16-30-25(32)31-11-4-8-21(17-31)24(20-7-3-9-22(27)15-20)36-13-10-29-26(33)34-2/h3,7,9,15,19,21,23-24,28H,4-6,8,10-14,16-18H2,1-2H3,(H,29,33)(H,30,32)/t19-,21-,23+,24+/m1/s1/i1D3. The zero-order chi connectivity index (χ0) is 28.3. The number of ether oxygens (including phenoxy) is 3. The van der Waals surface area contributed by atoms with E-state index in [0.29, 0.717) is 31.1 Å². The number of amides is 3. The number of hydrogen-bond donors (Lipinski definition) is 3. The molecule has 9 nitrogen and oxygen atoms in total. The Hall–Kier alpha value is -2.07. The number of nitrogens with zero attached hydrogens (tertiary/aromatic N) is 1. The molecule has 3 rings (SSSR count). The van der Waals surface area contributed by atoms with Gasteiger partial charge in [-0.05, 0) is 62.7 Å². The summed E-state index contributed by atoms with van der Waals surface area (Å²) < 4.78 is 39.3. The lowest BCUT2D eigenvalue weighted by molar-refractivity contribution is -0.00851. The van der Waals surface area contributed by atoms with Crippen molar-refractivity contribution in [3.8, 4) is 0 Å². The number of carbonyl (C=O) groups is 2. The van der Waals surface area contributed by atoms with Gasteiger partial charge in [0.1, 0.15) is 0 Å². The monoisotopic (exact) mass is 527 g/mol. The number of urea groups is 1. The van der Waals surface area contributed by atoms with Crippen LogP contribution in [0.15, 0.2) is 24.3 Å². The number of methoxy groups -OCH3 is 1. The molecule has 0 bridgehead atoms. The summed E-state index contributed by atoms with van der Waals surface area (Å²) in [5.74, 6) is 0.274. The van der Waals surface area contributed by atoms with Gasteiger partial charge in [0, 0.05) is 60.5 Å². The fourth-order valence-corrected chi connectivity index (χ4v) is 5.15. The summed E-state index contributed by atoms with van der Waals surface area (Å²) in [6, 6.07) is 6.85. The second-order valence-corrected chi connectivity index (χ2v) is 9.90. The largest absolute Gasteiger partial charge is 0.453 e. The Kier molecular flexibility index (Phi) is 10.3. The van der Waals surface area contributed by atoms with E-state index in [4.69, 9.17) is 25.2 Å². The molecule has 2 aliphatic heterocycles. The molecule has 0 unspecified atom stereocenters. The van der Waals surface area contributed by atoms with Crippen LogP contribution < -0.4 is 16.0 Å². The summed E-state index contributed by atoms with van der Waals surface area (Å²) in [5.41, 5.74) is 0.907. The Labute approximate surface area is 223 Å². The number of benzene rings is 1. The first kappa shape index (κ1) is 24.3. The van der Waals surface area contributed by atoms with Gasteiger partial charge in [0.05, 0.1) is 19.8 Å². The van der Waals surface area contributed by atoms with Gasteiger partial charge < -0.3 is 35.1 Å². The second kappa shape index (κ2) is 15.2. The predicted molar refractivity (Wildman–Crippen MR) is 139 cm³/mol. The van der Waals surface area contributed by atoms with Crippen molar-refractivity contribution in [1.82, 2.24) is 20.9 Å². The number of hydrogen-bond acceptors (Lipinski definition) is 6. The van der Waals surface area contributed by atoms with Crippen LogP contribution in [-0.4, -0.2) is 83.2 Å². The van der Waals surface area contributed by atoms with Crippen molar-refractivity contribution in [3.05, 3.63) is 34.9 Å². The molecule has 2 aliphatic rings. The van der Waals surface area contributed by atoms with Gasteiger partial charge in [-0.1, -0.05) is 23.7 Å². The third-order valence-corrected chi connectivity index (χ3v) is 7.02. The fourth-order valence-electron chi connectivity index (χ4n) is 4.95. The van der Waals surface area contributed by atoms with Gasteiger partial charge in [0.2, 0.25) is 0 Å². The number of piperidine rings is 1. The van der Waals surface area contributed by atoms with E-state index in [9.17, 15) is 9.59 Å². The van der Waals surface area contributed by atoms with Crippen LogP contribution in [0.3, 0.4) is 0 Å². The van der Waals surface area contributed by atoms with Crippen LogP contribution in [0.1, 0.15) is 47.9 Å². The van der Waals surface area contributed by atoms with Crippen LogP contribution in [0.2, 0.25) is 5.02 Å². The average molecular weight is 528 g/mol. The molecule has 0 aliphatic carbocycles. The zero-order valence-corrected chi connectivity index (χ0v) is 21.7. The van der Waals surface area contributed by atoms with E-state index < -0.39 is 19.1 Å². The van der Waals surface area contributed by atoms with Crippen LogP contribution >= 0.6 is 11.6 Å². The molecule has 3 N–H and O–H groups in total. The first-order valence-electron chi connectivity index (χ1n) is 14.2. The average Bonchev–Trinajstić information content (AvgIpc) is 2.91. The van der Waals surface area contributed by atoms with Gasteiger partial charge in [-0.15, -0.1) is 0 Å². The van der Waals surface area contributed by atoms with Crippen LogP contribution in [0, 0.1) is 11.8 Å². The molecule has 1 aromatic carbocycles. The van der Waals surface area contributed by atoms with Gasteiger partial charge >= 0.3 is 12.1 Å². The maximum Gasteiger partial charge on any atom is 0.406 e. The topological polar surface area (TPSA) is 101 Å². The molecular formula is C26H41ClN4O5. The van der Waals surface area contributed by atoms with E-state index in [1.807, 2.05) is 18.2 Å². The number of likely N-dealkylation sites (N-methyl/N-ethyl adjacent to an activating group) is 1. The minimum absolute atomic E-state index is 0.0109. The van der Waals surface area contributed by atoms with Crippen molar-refractivity contribution in [2.75, 3.05) is 60.1 Å². The molecule has 2 heterocycles. The molecule has 4 atom stereocenters. The second-order valence-electron chi connectivity index (χ2n) is 9.46. The highest BCUT2D eigenvalue weighted by atomic mass is 35.5. The maximum atomic E-state index is 13.2. The molecule has 3 amide bonds. The Morgan fingerprint density at radius 2 is 2.19 bits per heavy atom. The molecule has 36 heavy (non-hydrogen) atoms. The van der Waals surface area contributed by atoms with E-state index in [0.717, 1.165) is 37.9 Å². The van der Waals surface area contributed by atoms with Gasteiger partial charge in [-0.3, -0.25) is 0 Å². The SMILES string of the molecule is [2H]C([2H])([2H])N[C@H](CNC(=O)N1CCC[C@@H]([C@@H](OCCNC(=O)OC)c2cccc(Cl)c2)C1)C[C@H]1CCCOC1. The molecule has 2 saturated heterocycles. The van der Waals surface area contributed by atoms with E-state index >= 15 is 0 Å². The lowest BCUT2D eigenvalue weighted by Gasteiger charge is -2.37. The highest BCUT2D eigenvalue weighted by Crippen LogP contribution is 2.34. The lowest BCUT2D eigenvalue weighted by atomic mass is 9.88. The van der Waals surface area contributed by atoms with Crippen LogP contribution in [0.25, 0.3) is 0 Å². The smallest absolute Gasteiger partial charge is 0.406 e. The molecule has 0 radical (unpaired) electrons. The molecule has 10 heteroatoms. The molecule has 1 aromatic rings. The lowest BCUT2D eigenvalue weighted by Crippen LogP contribution is -2.50. The van der Waals surface area contributed by atoms with Crippen LogP contribution in [0.4, 0.5) is 9.59 Å². The highest BCUT2D eigenvalue weighted by Gasteiger charge is 2.31. The third-order valence-electron chi connectivity index (χ3n) is 6.78. The summed E-state index contributed by atoms with van der Waals surface area (Å²) in [4.78, 5) is 26.3. The van der Waals surface area contributed by atoms with Gasteiger partial charge in [-0.2, -0.15) is 0 Å². The third kappa shape index (κ3) is 9.10. The summed E-state index contributed by atoms with van der Waals surface area (Å²) in [7, 11) is 1.30. The summed E-state index contributed by atoms with van der Waals surface area (Å²) in [5, 5.41) is 8.86. The quantitative estimate of drug-likeness (QED) is 0.380. The summed E-state index contributed by atoms with van der Waals surface area (Å²) in [6.07, 6.45) is 3.37. The minimum Gasteiger partial charge on any atom is -0.453 e. The van der Waals surface area contributed by atoms with Crippen molar-refractivity contribution < 1.29 is 27.9 Å². The van der Waals surface area contributed by atoms with Crippen molar-refractivity contribution in [2.24, 2.45) is 11.8 Å². The predicted octanol–water partition coefficient (Wildman–Crippen LogP) is 3.58. The summed E-state index contributed by atoms with van der Waals surface area (Å²) in [6.45, 7) is 0.883.